The minimum Gasteiger partial charge on any atom is -0.350 e. The average Bonchev–Trinajstić information content (AvgIpc) is 3.14. The molecule has 0 saturated heterocycles. The molecule has 3 aromatic rings. The third-order valence-electron chi connectivity index (χ3n) is 4.88. The van der Waals surface area contributed by atoms with Crippen molar-refractivity contribution in [2.75, 3.05) is 44.4 Å². The van der Waals surface area contributed by atoms with Crippen LogP contribution in [0.5, 0.6) is 0 Å². The average molecular weight is 411 g/mol. The number of likely N-dealkylation sites (N-methyl/N-ethyl adjacent to an activating group) is 2. The number of carbonyl (C=O) groups excluding carboxylic acids is 1. The molecule has 154 valence electrons. The summed E-state index contributed by atoms with van der Waals surface area (Å²) >= 11 is 1.65. The van der Waals surface area contributed by atoms with E-state index < -0.39 is 0 Å². The second-order valence-electron chi connectivity index (χ2n) is 7.66. The van der Waals surface area contributed by atoms with Gasteiger partial charge in [-0.2, -0.15) is 0 Å². The Morgan fingerprint density at radius 1 is 1.07 bits per heavy atom. The first-order valence-electron chi connectivity index (χ1n) is 10.1. The summed E-state index contributed by atoms with van der Waals surface area (Å²) in [6.45, 7) is 4.09. The Hall–Kier alpha value is -2.44. The fraction of sp³-hybridized carbons (Fsp3) is 0.391. The van der Waals surface area contributed by atoms with Crippen LogP contribution < -0.4 is 10.2 Å². The number of amides is 1. The molecule has 0 unspecified atom stereocenters. The van der Waals surface area contributed by atoms with Gasteiger partial charge in [-0.1, -0.05) is 36.8 Å². The summed E-state index contributed by atoms with van der Waals surface area (Å²) in [6, 6.07) is 13.8. The van der Waals surface area contributed by atoms with Gasteiger partial charge in [-0.25, -0.2) is 4.98 Å². The van der Waals surface area contributed by atoms with Crippen molar-refractivity contribution in [3.63, 3.8) is 0 Å². The minimum absolute atomic E-state index is 0.0840. The number of fused-ring (bicyclic) bond motifs is 1. The minimum atomic E-state index is -0.0840. The quantitative estimate of drug-likeness (QED) is 0.546. The number of nitrogens with zero attached hydrogens (tertiary/aromatic N) is 3. The van der Waals surface area contributed by atoms with E-state index in [0.29, 0.717) is 5.56 Å². The molecule has 2 aromatic carbocycles. The third kappa shape index (κ3) is 5.78. The maximum Gasteiger partial charge on any atom is 0.255 e. The lowest BCUT2D eigenvalue weighted by molar-refractivity contribution is 0.102. The topological polar surface area (TPSA) is 48.5 Å². The molecule has 0 radical (unpaired) electrons. The number of aryl methyl sites for hydroxylation is 1. The SMILES string of the molecule is CCCCc1ccc(C(=O)Nc2ccc3nc(N(C)CCN(C)C)sc3c2)cc1. The number of benzene rings is 2. The molecule has 0 saturated carbocycles. The first kappa shape index (κ1) is 21.3. The van der Waals surface area contributed by atoms with Gasteiger partial charge >= 0.3 is 0 Å². The van der Waals surface area contributed by atoms with Crippen molar-refractivity contribution < 1.29 is 4.79 Å². The van der Waals surface area contributed by atoms with Crippen molar-refractivity contribution in [1.82, 2.24) is 9.88 Å². The molecule has 6 heteroatoms. The highest BCUT2D eigenvalue weighted by Gasteiger charge is 2.11. The van der Waals surface area contributed by atoms with Crippen LogP contribution in [0, 0.1) is 0 Å². The van der Waals surface area contributed by atoms with Gasteiger partial charge in [0.05, 0.1) is 10.2 Å². The molecule has 0 spiro atoms. The van der Waals surface area contributed by atoms with Crippen LogP contribution in [0.15, 0.2) is 42.5 Å². The van der Waals surface area contributed by atoms with E-state index in [2.05, 4.69) is 43.2 Å². The van der Waals surface area contributed by atoms with E-state index in [9.17, 15) is 4.79 Å². The Bertz CT molecular complexity index is 949. The van der Waals surface area contributed by atoms with Crippen LogP contribution in [0.25, 0.3) is 10.2 Å². The molecular formula is C23H30N4OS. The molecule has 3 rings (SSSR count). The summed E-state index contributed by atoms with van der Waals surface area (Å²) in [5.41, 5.74) is 3.71. The lowest BCUT2D eigenvalue weighted by atomic mass is 10.1. The van der Waals surface area contributed by atoms with Crippen molar-refractivity contribution >= 4 is 38.3 Å². The Morgan fingerprint density at radius 3 is 2.52 bits per heavy atom. The zero-order chi connectivity index (χ0) is 20.8. The maximum absolute atomic E-state index is 12.6. The van der Waals surface area contributed by atoms with Crippen molar-refractivity contribution in [1.29, 1.82) is 0 Å². The molecule has 1 heterocycles. The predicted molar refractivity (Wildman–Crippen MR) is 124 cm³/mol. The van der Waals surface area contributed by atoms with Crippen molar-refractivity contribution in [3.05, 3.63) is 53.6 Å². The van der Waals surface area contributed by atoms with Crippen LogP contribution in [0.2, 0.25) is 0 Å². The first-order chi connectivity index (χ1) is 14.0. The zero-order valence-electron chi connectivity index (χ0n) is 17.7. The van der Waals surface area contributed by atoms with Crippen LogP contribution in [-0.4, -0.2) is 50.0 Å². The number of nitrogens with one attached hydrogen (secondary N) is 1. The van der Waals surface area contributed by atoms with E-state index >= 15 is 0 Å². The van der Waals surface area contributed by atoms with Crippen molar-refractivity contribution in [2.24, 2.45) is 0 Å². The number of carbonyl (C=O) groups is 1. The number of aromatic nitrogens is 1. The highest BCUT2D eigenvalue weighted by molar-refractivity contribution is 7.22. The molecule has 0 aliphatic carbocycles. The smallest absolute Gasteiger partial charge is 0.255 e. The van der Waals surface area contributed by atoms with Crippen LogP contribution in [-0.2, 0) is 6.42 Å². The number of hydrogen-bond acceptors (Lipinski definition) is 5. The number of rotatable bonds is 9. The summed E-state index contributed by atoms with van der Waals surface area (Å²) in [4.78, 5) is 21.6. The molecule has 0 aliphatic heterocycles. The molecule has 1 amide bonds. The fourth-order valence-corrected chi connectivity index (χ4v) is 4.00. The van der Waals surface area contributed by atoms with Gasteiger partial charge in [-0.3, -0.25) is 4.79 Å². The van der Waals surface area contributed by atoms with Crippen LogP contribution in [0.4, 0.5) is 10.8 Å². The first-order valence-corrected chi connectivity index (χ1v) is 10.9. The van der Waals surface area contributed by atoms with Gasteiger partial charge in [-0.15, -0.1) is 0 Å². The normalized spacial score (nSPS) is 11.2. The van der Waals surface area contributed by atoms with Gasteiger partial charge in [-0.05, 0) is 62.8 Å². The van der Waals surface area contributed by atoms with Gasteiger partial charge in [0.2, 0.25) is 0 Å². The molecule has 0 atom stereocenters. The summed E-state index contributed by atoms with van der Waals surface area (Å²) in [6.07, 6.45) is 3.41. The maximum atomic E-state index is 12.6. The number of anilines is 2. The molecule has 1 aromatic heterocycles. The number of unbranched alkanes of at least 4 members (excludes halogenated alkanes) is 1. The summed E-state index contributed by atoms with van der Waals surface area (Å²) in [7, 11) is 6.20. The summed E-state index contributed by atoms with van der Waals surface area (Å²) in [5, 5.41) is 4.00. The molecule has 0 fully saturated rings. The van der Waals surface area contributed by atoms with E-state index in [-0.39, 0.29) is 5.91 Å². The Morgan fingerprint density at radius 2 is 1.83 bits per heavy atom. The van der Waals surface area contributed by atoms with Crippen LogP contribution >= 0.6 is 11.3 Å². The predicted octanol–water partition coefficient (Wildman–Crippen LogP) is 4.89. The monoisotopic (exact) mass is 410 g/mol. The van der Waals surface area contributed by atoms with Crippen LogP contribution in [0.3, 0.4) is 0 Å². The number of hydrogen-bond donors (Lipinski definition) is 1. The molecule has 0 aliphatic rings. The van der Waals surface area contributed by atoms with Gasteiger partial charge in [0, 0.05) is 31.4 Å². The molecule has 0 bridgehead atoms. The molecule has 1 N–H and O–H groups in total. The van der Waals surface area contributed by atoms with Gasteiger partial charge < -0.3 is 15.1 Å². The van der Waals surface area contributed by atoms with Gasteiger partial charge in [0.25, 0.3) is 5.91 Å². The van der Waals surface area contributed by atoms with E-state index in [4.69, 9.17) is 4.98 Å². The fourth-order valence-electron chi connectivity index (χ4n) is 3.01. The molecular weight excluding hydrogens is 380 g/mol. The molecule has 5 nitrogen and oxygen atoms in total. The Kier molecular flexibility index (Phi) is 7.23. The Balaban J connectivity index is 1.67. The van der Waals surface area contributed by atoms with Gasteiger partial charge in [0.15, 0.2) is 5.13 Å². The van der Waals surface area contributed by atoms with Crippen molar-refractivity contribution in [2.45, 2.75) is 26.2 Å². The van der Waals surface area contributed by atoms with Crippen LogP contribution in [0.1, 0.15) is 35.7 Å². The van der Waals surface area contributed by atoms with Crippen molar-refractivity contribution in [3.8, 4) is 0 Å². The zero-order valence-corrected chi connectivity index (χ0v) is 18.6. The summed E-state index contributed by atoms with van der Waals surface area (Å²) in [5.74, 6) is -0.0840. The van der Waals surface area contributed by atoms with E-state index in [1.54, 1.807) is 11.3 Å². The highest BCUT2D eigenvalue weighted by Crippen LogP contribution is 2.30. The van der Waals surface area contributed by atoms with E-state index in [1.165, 1.54) is 18.4 Å². The third-order valence-corrected chi connectivity index (χ3v) is 6.01. The highest BCUT2D eigenvalue weighted by atomic mass is 32.1. The molecule has 29 heavy (non-hydrogen) atoms. The lowest BCUT2D eigenvalue weighted by Crippen LogP contribution is -2.28. The Labute approximate surface area is 177 Å². The van der Waals surface area contributed by atoms with E-state index in [0.717, 1.165) is 40.5 Å². The second-order valence-corrected chi connectivity index (χ2v) is 8.67. The van der Waals surface area contributed by atoms with Gasteiger partial charge in [0.1, 0.15) is 0 Å². The number of thiazole rings is 1. The van der Waals surface area contributed by atoms with E-state index in [1.807, 2.05) is 42.5 Å². The largest absolute Gasteiger partial charge is 0.350 e. The lowest BCUT2D eigenvalue weighted by Gasteiger charge is -2.18. The summed E-state index contributed by atoms with van der Waals surface area (Å²) < 4.78 is 1.07. The second kappa shape index (κ2) is 9.85. The standard InChI is InChI=1S/C23H30N4OS/c1-5-6-7-17-8-10-18(11-9-17)22(28)24-19-12-13-20-21(16-19)29-23(25-20)27(4)15-14-26(2)3/h8-13,16H,5-7,14-15H2,1-4H3,(H,24,28).